The molecule has 0 unspecified atom stereocenters. The van der Waals surface area contributed by atoms with Crippen molar-refractivity contribution in [2.24, 2.45) is 5.92 Å². The maximum Gasteiger partial charge on any atom is 0.416 e. The average Bonchev–Trinajstić information content (AvgIpc) is 3.10. The lowest BCUT2D eigenvalue weighted by Crippen LogP contribution is -2.26. The van der Waals surface area contributed by atoms with E-state index in [4.69, 9.17) is 5.73 Å². The second kappa shape index (κ2) is 9.28. The summed E-state index contributed by atoms with van der Waals surface area (Å²) in [6.07, 6.45) is -3.57. The average molecular weight is 435 g/mol. The zero-order chi connectivity index (χ0) is 22.8. The third-order valence-electron chi connectivity index (χ3n) is 5.60. The number of nitrogens with zero attached hydrogens (tertiary/aromatic N) is 2. The van der Waals surface area contributed by atoms with Gasteiger partial charge in [-0.3, -0.25) is 9.69 Å². The number of hydrogen-bond donors (Lipinski definition) is 2. The van der Waals surface area contributed by atoms with Gasteiger partial charge in [-0.05, 0) is 75.3 Å². The molecule has 1 heterocycles. The van der Waals surface area contributed by atoms with Crippen molar-refractivity contribution >= 4 is 17.3 Å². The molecule has 2 aromatic carbocycles. The van der Waals surface area contributed by atoms with Crippen molar-refractivity contribution in [1.29, 1.82) is 0 Å². The van der Waals surface area contributed by atoms with E-state index in [9.17, 15) is 18.0 Å². The van der Waals surface area contributed by atoms with E-state index in [0.29, 0.717) is 17.3 Å². The Morgan fingerprint density at radius 1 is 1.23 bits per heavy atom. The van der Waals surface area contributed by atoms with E-state index in [1.807, 2.05) is 25.9 Å². The number of amides is 1. The van der Waals surface area contributed by atoms with Crippen LogP contribution in [0, 0.1) is 12.8 Å². The molecule has 1 atom stereocenters. The topological polar surface area (TPSA) is 61.6 Å². The van der Waals surface area contributed by atoms with E-state index in [-0.39, 0.29) is 17.7 Å². The predicted molar refractivity (Wildman–Crippen MR) is 117 cm³/mol. The summed E-state index contributed by atoms with van der Waals surface area (Å²) in [4.78, 5) is 16.7. The number of nitrogens with two attached hydrogens (primary N) is 1. The van der Waals surface area contributed by atoms with Crippen LogP contribution in [0.4, 0.5) is 24.5 Å². The van der Waals surface area contributed by atoms with Crippen molar-refractivity contribution in [2.75, 3.05) is 44.8 Å². The number of hydrogen-bond acceptors (Lipinski definition) is 4. The van der Waals surface area contributed by atoms with Gasteiger partial charge in [-0.25, -0.2) is 0 Å². The van der Waals surface area contributed by atoms with Crippen molar-refractivity contribution in [3.05, 3.63) is 58.7 Å². The van der Waals surface area contributed by atoms with Gasteiger partial charge in [-0.1, -0.05) is 12.1 Å². The van der Waals surface area contributed by atoms with Crippen molar-refractivity contribution in [2.45, 2.75) is 26.1 Å². The van der Waals surface area contributed by atoms with E-state index in [2.05, 4.69) is 10.2 Å². The second-order valence-corrected chi connectivity index (χ2v) is 8.55. The fraction of sp³-hybridized carbons (Fsp3) is 0.435. The van der Waals surface area contributed by atoms with Gasteiger partial charge in [0.15, 0.2) is 0 Å². The number of anilines is 2. The third-order valence-corrected chi connectivity index (χ3v) is 5.60. The molecule has 1 amide bonds. The molecular weight excluding hydrogens is 405 g/mol. The number of halogens is 3. The first-order valence-corrected chi connectivity index (χ1v) is 10.3. The summed E-state index contributed by atoms with van der Waals surface area (Å²) in [5, 5.41) is 2.62. The van der Waals surface area contributed by atoms with Crippen LogP contribution < -0.4 is 11.1 Å². The van der Waals surface area contributed by atoms with Crippen molar-refractivity contribution in [3.8, 4) is 0 Å². The fourth-order valence-corrected chi connectivity index (χ4v) is 4.00. The van der Waals surface area contributed by atoms with Crippen molar-refractivity contribution in [3.63, 3.8) is 0 Å². The summed E-state index contributed by atoms with van der Waals surface area (Å²) in [6.45, 7) is 4.51. The summed E-state index contributed by atoms with van der Waals surface area (Å²) in [5.74, 6) is -0.149. The van der Waals surface area contributed by atoms with Crippen LogP contribution >= 0.6 is 0 Å². The van der Waals surface area contributed by atoms with Crippen LogP contribution in [0.3, 0.4) is 0 Å². The quantitative estimate of drug-likeness (QED) is 0.668. The molecule has 0 radical (unpaired) electrons. The highest BCUT2D eigenvalue weighted by Crippen LogP contribution is 2.34. The number of alkyl halides is 3. The molecule has 3 N–H and O–H groups in total. The van der Waals surface area contributed by atoms with Gasteiger partial charge in [0.2, 0.25) is 0 Å². The zero-order valence-corrected chi connectivity index (χ0v) is 18.1. The normalized spacial score (nSPS) is 17.3. The first-order valence-electron chi connectivity index (χ1n) is 10.3. The van der Waals surface area contributed by atoms with Gasteiger partial charge >= 0.3 is 6.18 Å². The molecule has 8 heteroatoms. The van der Waals surface area contributed by atoms with Crippen LogP contribution in [0.5, 0.6) is 0 Å². The number of rotatable bonds is 6. The minimum atomic E-state index is -4.54. The molecule has 0 aliphatic carbocycles. The van der Waals surface area contributed by atoms with E-state index in [1.165, 1.54) is 12.1 Å². The highest BCUT2D eigenvalue weighted by Gasteiger charge is 2.35. The first-order chi connectivity index (χ1) is 14.5. The first kappa shape index (κ1) is 23.1. The maximum atomic E-state index is 13.8. The lowest BCUT2D eigenvalue weighted by atomic mass is 10.0. The Balaban J connectivity index is 1.77. The Morgan fingerprint density at radius 2 is 1.97 bits per heavy atom. The number of nitrogen functional groups attached to an aromatic ring is 1. The fourth-order valence-electron chi connectivity index (χ4n) is 4.00. The number of likely N-dealkylation sites (tertiary alicyclic amines) is 1. The van der Waals surface area contributed by atoms with Gasteiger partial charge < -0.3 is 16.0 Å². The van der Waals surface area contributed by atoms with Crippen LogP contribution in [0.2, 0.25) is 0 Å². The molecule has 168 valence electrons. The summed E-state index contributed by atoms with van der Waals surface area (Å²) >= 11 is 0. The third kappa shape index (κ3) is 5.98. The largest absolute Gasteiger partial charge is 0.416 e. The summed E-state index contributed by atoms with van der Waals surface area (Å²) in [6, 6.07) is 8.81. The standard InChI is InChI=1S/C23H29F3N4O/c1-15-4-7-19(11-21(15)27)28-22(31)17-5-6-18(20(10-17)23(24,25)26)14-30-9-8-16(13-30)12-29(2)3/h4-7,10-11,16H,8-9,12-14,27H2,1-3H3,(H,28,31)/t16-/m1/s1. The van der Waals surface area contributed by atoms with Gasteiger partial charge in [0.05, 0.1) is 5.56 Å². The zero-order valence-electron chi connectivity index (χ0n) is 18.1. The molecule has 0 saturated carbocycles. The van der Waals surface area contributed by atoms with Gasteiger partial charge in [0, 0.05) is 36.6 Å². The van der Waals surface area contributed by atoms with Crippen LogP contribution in [-0.2, 0) is 12.7 Å². The summed E-state index contributed by atoms with van der Waals surface area (Å²) < 4.78 is 41.3. The molecule has 31 heavy (non-hydrogen) atoms. The number of aryl methyl sites for hydroxylation is 1. The van der Waals surface area contributed by atoms with E-state index >= 15 is 0 Å². The molecule has 5 nitrogen and oxygen atoms in total. The van der Waals surface area contributed by atoms with Crippen LogP contribution in [0.1, 0.15) is 33.5 Å². The minimum absolute atomic E-state index is 0.0397. The van der Waals surface area contributed by atoms with E-state index < -0.39 is 17.6 Å². The Bertz CT molecular complexity index is 943. The lowest BCUT2D eigenvalue weighted by Gasteiger charge is -2.21. The van der Waals surface area contributed by atoms with E-state index in [1.54, 1.807) is 18.2 Å². The second-order valence-electron chi connectivity index (χ2n) is 8.55. The molecular formula is C23H29F3N4O. The van der Waals surface area contributed by atoms with Gasteiger partial charge in [-0.2, -0.15) is 13.2 Å². The number of carbonyl (C=O) groups is 1. The molecule has 0 spiro atoms. The van der Waals surface area contributed by atoms with Crippen LogP contribution in [0.15, 0.2) is 36.4 Å². The van der Waals surface area contributed by atoms with Gasteiger partial charge in [0.1, 0.15) is 0 Å². The molecule has 3 rings (SSSR count). The SMILES string of the molecule is Cc1ccc(NC(=O)c2ccc(CN3CC[C@H](CN(C)C)C3)c(C(F)(F)F)c2)cc1N. The molecule has 1 fully saturated rings. The van der Waals surface area contributed by atoms with E-state index in [0.717, 1.165) is 37.7 Å². The van der Waals surface area contributed by atoms with Crippen LogP contribution in [0.25, 0.3) is 0 Å². The molecule has 1 aliphatic heterocycles. The molecule has 0 aromatic heterocycles. The molecule has 2 aromatic rings. The summed E-state index contributed by atoms with van der Waals surface area (Å²) in [5.41, 5.74) is 7.03. The monoisotopic (exact) mass is 434 g/mol. The molecule has 0 bridgehead atoms. The lowest BCUT2D eigenvalue weighted by molar-refractivity contribution is -0.138. The van der Waals surface area contributed by atoms with Gasteiger partial charge in [0.25, 0.3) is 5.91 Å². The minimum Gasteiger partial charge on any atom is -0.398 e. The highest BCUT2D eigenvalue weighted by molar-refractivity contribution is 6.04. The highest BCUT2D eigenvalue weighted by atomic mass is 19.4. The van der Waals surface area contributed by atoms with Gasteiger partial charge in [-0.15, -0.1) is 0 Å². The number of nitrogens with one attached hydrogen (secondary N) is 1. The van der Waals surface area contributed by atoms with Crippen molar-refractivity contribution < 1.29 is 18.0 Å². The number of benzene rings is 2. The molecule has 1 saturated heterocycles. The molecule has 1 aliphatic rings. The Kier molecular flexibility index (Phi) is 6.91. The maximum absolute atomic E-state index is 13.8. The Morgan fingerprint density at radius 3 is 2.61 bits per heavy atom. The van der Waals surface area contributed by atoms with Crippen LogP contribution in [-0.4, -0.2) is 49.4 Å². The predicted octanol–water partition coefficient (Wildman–Crippen LogP) is 4.23. The Labute approximate surface area is 181 Å². The van der Waals surface area contributed by atoms with Crippen molar-refractivity contribution in [1.82, 2.24) is 9.80 Å². The number of carbonyl (C=O) groups excluding carboxylic acids is 1. The smallest absolute Gasteiger partial charge is 0.398 e. The summed E-state index contributed by atoms with van der Waals surface area (Å²) in [7, 11) is 4.00. The Hall–Kier alpha value is -2.58.